The molecule has 0 aliphatic heterocycles. The van der Waals surface area contributed by atoms with Crippen LogP contribution in [0.3, 0.4) is 0 Å². The molecule has 0 saturated heterocycles. The molecule has 0 heterocycles. The van der Waals surface area contributed by atoms with Crippen molar-refractivity contribution in [3.63, 3.8) is 0 Å². The molecule has 1 aliphatic carbocycles. The van der Waals surface area contributed by atoms with Crippen molar-refractivity contribution in [2.24, 2.45) is 5.92 Å². The van der Waals surface area contributed by atoms with Crippen LogP contribution in [0, 0.1) is 5.92 Å². The summed E-state index contributed by atoms with van der Waals surface area (Å²) in [6, 6.07) is 0.529. The Hall–Kier alpha value is -0.0800. The van der Waals surface area contributed by atoms with Gasteiger partial charge in [0.2, 0.25) is 0 Å². The fourth-order valence-electron chi connectivity index (χ4n) is 1.90. The zero-order valence-electron chi connectivity index (χ0n) is 8.43. The van der Waals surface area contributed by atoms with Gasteiger partial charge in [-0.15, -0.1) is 0 Å². The third kappa shape index (κ3) is 3.55. The summed E-state index contributed by atoms with van der Waals surface area (Å²) in [6.07, 6.45) is 5.03. The molecule has 0 atom stereocenters. The Morgan fingerprint density at radius 2 is 1.67 bits per heavy atom. The van der Waals surface area contributed by atoms with Gasteiger partial charge < -0.3 is 5.11 Å². The van der Waals surface area contributed by atoms with Gasteiger partial charge in [0.15, 0.2) is 0 Å². The Labute approximate surface area is 75.4 Å². The van der Waals surface area contributed by atoms with E-state index in [0.29, 0.717) is 6.04 Å². The molecule has 2 nitrogen and oxygen atoms in total. The highest BCUT2D eigenvalue weighted by Gasteiger charge is 2.22. The van der Waals surface area contributed by atoms with Crippen molar-refractivity contribution in [1.82, 2.24) is 5.32 Å². The molecule has 0 amide bonds. The zero-order chi connectivity index (χ0) is 9.19. The molecular formula is C10H21NO. The van der Waals surface area contributed by atoms with Crippen LogP contribution in [0.1, 0.15) is 46.5 Å². The van der Waals surface area contributed by atoms with E-state index in [1.807, 2.05) is 13.8 Å². The van der Waals surface area contributed by atoms with Crippen molar-refractivity contribution in [3.8, 4) is 0 Å². The lowest BCUT2D eigenvalue weighted by Gasteiger charge is -2.32. The lowest BCUT2D eigenvalue weighted by atomic mass is 9.87. The fourth-order valence-corrected chi connectivity index (χ4v) is 1.90. The number of nitrogens with one attached hydrogen (secondary N) is 1. The Balaban J connectivity index is 2.26. The van der Waals surface area contributed by atoms with Gasteiger partial charge in [-0.05, 0) is 45.4 Å². The van der Waals surface area contributed by atoms with E-state index in [4.69, 9.17) is 0 Å². The zero-order valence-corrected chi connectivity index (χ0v) is 8.43. The second-order valence-corrected chi connectivity index (χ2v) is 4.66. The number of hydrogen-bond acceptors (Lipinski definition) is 2. The van der Waals surface area contributed by atoms with Gasteiger partial charge in [0.1, 0.15) is 5.72 Å². The van der Waals surface area contributed by atoms with Crippen LogP contribution in [0.4, 0.5) is 0 Å². The Morgan fingerprint density at radius 1 is 1.17 bits per heavy atom. The van der Waals surface area contributed by atoms with Crippen molar-refractivity contribution in [2.45, 2.75) is 58.2 Å². The monoisotopic (exact) mass is 171 g/mol. The third-order valence-corrected chi connectivity index (χ3v) is 2.57. The van der Waals surface area contributed by atoms with Crippen molar-refractivity contribution in [3.05, 3.63) is 0 Å². The van der Waals surface area contributed by atoms with Crippen molar-refractivity contribution in [2.75, 3.05) is 0 Å². The predicted octanol–water partition coefficient (Wildman–Crippen LogP) is 1.88. The summed E-state index contributed by atoms with van der Waals surface area (Å²) in [5.41, 5.74) is -0.703. The second-order valence-electron chi connectivity index (χ2n) is 4.66. The van der Waals surface area contributed by atoms with Gasteiger partial charge in [-0.1, -0.05) is 6.92 Å². The minimum absolute atomic E-state index is 0.529. The van der Waals surface area contributed by atoms with E-state index >= 15 is 0 Å². The van der Waals surface area contributed by atoms with Gasteiger partial charge in [-0.2, -0.15) is 0 Å². The van der Waals surface area contributed by atoms with Gasteiger partial charge in [0, 0.05) is 6.04 Å². The van der Waals surface area contributed by atoms with E-state index in [-0.39, 0.29) is 0 Å². The molecule has 1 saturated carbocycles. The minimum Gasteiger partial charge on any atom is -0.376 e. The highest BCUT2D eigenvalue weighted by atomic mass is 16.3. The van der Waals surface area contributed by atoms with Crippen LogP contribution in [0.2, 0.25) is 0 Å². The average molecular weight is 171 g/mol. The SMILES string of the molecule is CC1CCC(NC(C)(C)O)CC1. The Kier molecular flexibility index (Phi) is 3.13. The molecule has 0 spiro atoms. The summed E-state index contributed by atoms with van der Waals surface area (Å²) >= 11 is 0. The van der Waals surface area contributed by atoms with Crippen LogP contribution < -0.4 is 5.32 Å². The molecule has 0 bridgehead atoms. The quantitative estimate of drug-likeness (QED) is 0.622. The lowest BCUT2D eigenvalue weighted by Crippen LogP contribution is -2.46. The Morgan fingerprint density at radius 3 is 2.08 bits per heavy atom. The van der Waals surface area contributed by atoms with Gasteiger partial charge in [-0.25, -0.2) is 0 Å². The molecule has 0 aromatic carbocycles. The van der Waals surface area contributed by atoms with Gasteiger partial charge in [0.05, 0.1) is 0 Å². The van der Waals surface area contributed by atoms with Gasteiger partial charge >= 0.3 is 0 Å². The summed E-state index contributed by atoms with van der Waals surface area (Å²) in [7, 11) is 0. The molecule has 2 heteroatoms. The molecular weight excluding hydrogens is 150 g/mol. The lowest BCUT2D eigenvalue weighted by molar-refractivity contribution is 0.0237. The molecule has 0 unspecified atom stereocenters. The van der Waals surface area contributed by atoms with Gasteiger partial charge in [-0.3, -0.25) is 5.32 Å². The van der Waals surface area contributed by atoms with E-state index in [2.05, 4.69) is 12.2 Å². The second kappa shape index (κ2) is 3.75. The van der Waals surface area contributed by atoms with Crippen LogP contribution in [0.5, 0.6) is 0 Å². The largest absolute Gasteiger partial charge is 0.376 e. The van der Waals surface area contributed by atoms with Gasteiger partial charge in [0.25, 0.3) is 0 Å². The Bertz CT molecular complexity index is 131. The van der Waals surface area contributed by atoms with Crippen LogP contribution in [-0.2, 0) is 0 Å². The highest BCUT2D eigenvalue weighted by Crippen LogP contribution is 2.24. The van der Waals surface area contributed by atoms with Crippen molar-refractivity contribution >= 4 is 0 Å². The molecule has 0 aromatic heterocycles. The summed E-state index contributed by atoms with van der Waals surface area (Å²) < 4.78 is 0. The van der Waals surface area contributed by atoms with Crippen LogP contribution in [0.15, 0.2) is 0 Å². The summed E-state index contributed by atoms with van der Waals surface area (Å²) in [5, 5.41) is 12.8. The summed E-state index contributed by atoms with van der Waals surface area (Å²) in [5.74, 6) is 0.879. The molecule has 0 radical (unpaired) electrons. The van der Waals surface area contributed by atoms with Crippen LogP contribution >= 0.6 is 0 Å². The smallest absolute Gasteiger partial charge is 0.110 e. The highest BCUT2D eigenvalue weighted by molar-refractivity contribution is 4.78. The van der Waals surface area contributed by atoms with Crippen molar-refractivity contribution < 1.29 is 5.11 Å². The number of rotatable bonds is 2. The van der Waals surface area contributed by atoms with E-state index in [1.165, 1.54) is 25.7 Å². The van der Waals surface area contributed by atoms with Crippen LogP contribution in [0.25, 0.3) is 0 Å². The molecule has 72 valence electrons. The maximum Gasteiger partial charge on any atom is 0.110 e. The average Bonchev–Trinajstić information content (AvgIpc) is 1.91. The van der Waals surface area contributed by atoms with E-state index in [0.717, 1.165) is 5.92 Å². The van der Waals surface area contributed by atoms with E-state index in [1.54, 1.807) is 0 Å². The fraction of sp³-hybridized carbons (Fsp3) is 1.00. The standard InChI is InChI=1S/C10H21NO/c1-8-4-6-9(7-5-8)11-10(2,3)12/h8-9,11-12H,4-7H2,1-3H3. The topological polar surface area (TPSA) is 32.3 Å². The third-order valence-electron chi connectivity index (χ3n) is 2.57. The molecule has 1 aliphatic rings. The molecule has 1 fully saturated rings. The maximum absolute atomic E-state index is 9.52. The molecule has 12 heavy (non-hydrogen) atoms. The van der Waals surface area contributed by atoms with E-state index < -0.39 is 5.72 Å². The maximum atomic E-state index is 9.52. The minimum atomic E-state index is -0.703. The molecule has 2 N–H and O–H groups in total. The van der Waals surface area contributed by atoms with E-state index in [9.17, 15) is 5.11 Å². The first-order valence-electron chi connectivity index (χ1n) is 4.97. The predicted molar refractivity (Wildman–Crippen MR) is 50.9 cm³/mol. The number of hydrogen-bond donors (Lipinski definition) is 2. The molecule has 1 rings (SSSR count). The van der Waals surface area contributed by atoms with Crippen LogP contribution in [-0.4, -0.2) is 16.9 Å². The normalized spacial score (nSPS) is 32.0. The summed E-state index contributed by atoms with van der Waals surface area (Å²) in [4.78, 5) is 0. The van der Waals surface area contributed by atoms with Crippen molar-refractivity contribution in [1.29, 1.82) is 0 Å². The first-order valence-corrected chi connectivity index (χ1v) is 4.97. The summed E-state index contributed by atoms with van der Waals surface area (Å²) in [6.45, 7) is 5.93. The number of aliphatic hydroxyl groups is 1. The first-order chi connectivity index (χ1) is 5.47. The first kappa shape index (κ1) is 10.0. The molecule has 0 aromatic rings.